The largest absolute Gasteiger partial charge is 0.385 e. The quantitative estimate of drug-likeness (QED) is 0.514. The number of benzene rings is 1. The summed E-state index contributed by atoms with van der Waals surface area (Å²) in [4.78, 5) is 23.6. The van der Waals surface area contributed by atoms with Crippen LogP contribution in [0.2, 0.25) is 0 Å². The van der Waals surface area contributed by atoms with Gasteiger partial charge in [-0.15, -0.1) is 0 Å². The Kier molecular flexibility index (Phi) is 6.16. The molecule has 0 spiro atoms. The molecule has 0 aliphatic rings. The molecule has 0 bridgehead atoms. The van der Waals surface area contributed by atoms with E-state index in [0.29, 0.717) is 31.2 Å². The van der Waals surface area contributed by atoms with Crippen molar-refractivity contribution in [2.75, 3.05) is 32.1 Å². The Bertz CT molecular complexity index is 845. The van der Waals surface area contributed by atoms with Crippen LogP contribution in [0.25, 0.3) is 10.9 Å². The first-order valence-corrected chi connectivity index (χ1v) is 8.66. The van der Waals surface area contributed by atoms with E-state index in [1.54, 1.807) is 7.11 Å². The summed E-state index contributed by atoms with van der Waals surface area (Å²) < 4.78 is 4.95. The van der Waals surface area contributed by atoms with E-state index in [1.165, 1.54) is 23.3 Å². The number of carbonyl (C=O) groups excluding carboxylic acids is 1. The van der Waals surface area contributed by atoms with Crippen LogP contribution >= 0.6 is 0 Å². The summed E-state index contributed by atoms with van der Waals surface area (Å²) in [5.41, 5.74) is 2.84. The van der Waals surface area contributed by atoms with Crippen molar-refractivity contribution in [3.8, 4) is 0 Å². The zero-order valence-corrected chi connectivity index (χ0v) is 14.8. The maximum atomic E-state index is 12.0. The Hall–Kier alpha value is -2.93. The molecule has 0 saturated carbocycles. The molecular weight excluding hydrogens is 330 g/mol. The number of nitrogens with zero attached hydrogens (tertiary/aromatic N) is 2. The molecular formula is C19H23N5O2. The summed E-state index contributed by atoms with van der Waals surface area (Å²) in [7, 11) is 1.64. The lowest BCUT2D eigenvalue weighted by molar-refractivity contribution is 0.0948. The Labute approximate surface area is 152 Å². The summed E-state index contributed by atoms with van der Waals surface area (Å²) in [6, 6.07) is 8.23. The molecule has 1 amide bonds. The average Bonchev–Trinajstić information content (AvgIpc) is 3.09. The Morgan fingerprint density at radius 2 is 2.00 bits per heavy atom. The molecule has 1 aromatic carbocycles. The predicted molar refractivity (Wildman–Crippen MR) is 101 cm³/mol. The molecule has 3 aromatic rings. The van der Waals surface area contributed by atoms with E-state index in [-0.39, 0.29) is 5.91 Å². The molecule has 2 aromatic heterocycles. The van der Waals surface area contributed by atoms with Crippen molar-refractivity contribution >= 4 is 22.8 Å². The second-order valence-corrected chi connectivity index (χ2v) is 5.93. The third-order valence-corrected chi connectivity index (χ3v) is 4.08. The Balaban J connectivity index is 1.47. The standard InChI is InChI=1S/C19H23N5O2/c1-26-10-4-8-20-18(25)15-12-23-19(24-13-15)21-9-7-14-11-22-17-6-3-2-5-16(14)17/h2-3,5-6,11-13,22H,4,7-10H2,1H3,(H,20,25)(H,21,23,24). The van der Waals surface area contributed by atoms with Gasteiger partial charge in [0.2, 0.25) is 5.95 Å². The van der Waals surface area contributed by atoms with Gasteiger partial charge in [-0.25, -0.2) is 9.97 Å². The highest BCUT2D eigenvalue weighted by atomic mass is 16.5. The van der Waals surface area contributed by atoms with E-state index in [0.717, 1.165) is 18.4 Å². The third-order valence-electron chi connectivity index (χ3n) is 4.08. The molecule has 0 atom stereocenters. The number of amides is 1. The van der Waals surface area contributed by atoms with Gasteiger partial charge in [0.25, 0.3) is 5.91 Å². The van der Waals surface area contributed by atoms with E-state index < -0.39 is 0 Å². The molecule has 0 aliphatic heterocycles. The first kappa shape index (κ1) is 17.9. The lowest BCUT2D eigenvalue weighted by Gasteiger charge is -2.06. The number of nitrogens with one attached hydrogen (secondary N) is 3. The molecule has 0 fully saturated rings. The second-order valence-electron chi connectivity index (χ2n) is 5.93. The lowest BCUT2D eigenvalue weighted by Crippen LogP contribution is -2.25. The van der Waals surface area contributed by atoms with Crippen molar-refractivity contribution < 1.29 is 9.53 Å². The summed E-state index contributed by atoms with van der Waals surface area (Å²) >= 11 is 0. The number of hydrogen-bond donors (Lipinski definition) is 3. The van der Waals surface area contributed by atoms with Crippen LogP contribution in [0, 0.1) is 0 Å². The van der Waals surface area contributed by atoms with Crippen LogP contribution in [-0.4, -0.2) is 47.7 Å². The number of fused-ring (bicyclic) bond motifs is 1. The van der Waals surface area contributed by atoms with Crippen LogP contribution in [0.15, 0.2) is 42.9 Å². The molecule has 3 N–H and O–H groups in total. The fraction of sp³-hybridized carbons (Fsp3) is 0.316. The van der Waals surface area contributed by atoms with Gasteiger partial charge in [0.15, 0.2) is 0 Å². The predicted octanol–water partition coefficient (Wildman–Crippen LogP) is 2.38. The van der Waals surface area contributed by atoms with Gasteiger partial charge in [-0.05, 0) is 24.5 Å². The van der Waals surface area contributed by atoms with Gasteiger partial charge in [-0.3, -0.25) is 4.79 Å². The number of H-pyrrole nitrogens is 1. The number of anilines is 1. The van der Waals surface area contributed by atoms with Gasteiger partial charge < -0.3 is 20.4 Å². The van der Waals surface area contributed by atoms with Crippen LogP contribution < -0.4 is 10.6 Å². The summed E-state index contributed by atoms with van der Waals surface area (Å²) in [6.45, 7) is 1.90. The van der Waals surface area contributed by atoms with E-state index in [4.69, 9.17) is 4.74 Å². The van der Waals surface area contributed by atoms with Crippen LogP contribution in [0.3, 0.4) is 0 Å². The molecule has 136 valence electrons. The fourth-order valence-electron chi connectivity index (χ4n) is 2.70. The van der Waals surface area contributed by atoms with E-state index >= 15 is 0 Å². The number of aromatic nitrogens is 3. The smallest absolute Gasteiger partial charge is 0.254 e. The molecule has 7 heteroatoms. The molecule has 7 nitrogen and oxygen atoms in total. The van der Waals surface area contributed by atoms with Gasteiger partial charge >= 0.3 is 0 Å². The van der Waals surface area contributed by atoms with Crippen molar-refractivity contribution in [1.29, 1.82) is 0 Å². The number of para-hydroxylation sites is 1. The Morgan fingerprint density at radius 3 is 2.81 bits per heavy atom. The number of methoxy groups -OCH3 is 1. The van der Waals surface area contributed by atoms with Crippen molar-refractivity contribution in [2.24, 2.45) is 0 Å². The zero-order chi connectivity index (χ0) is 18.2. The van der Waals surface area contributed by atoms with Gasteiger partial charge in [0.05, 0.1) is 5.56 Å². The maximum absolute atomic E-state index is 12.0. The topological polar surface area (TPSA) is 91.9 Å². The minimum atomic E-state index is -0.175. The number of ether oxygens (including phenoxy) is 1. The lowest BCUT2D eigenvalue weighted by atomic mass is 10.1. The van der Waals surface area contributed by atoms with E-state index in [2.05, 4.69) is 37.7 Å². The first-order chi connectivity index (χ1) is 12.8. The third kappa shape index (κ3) is 4.58. The molecule has 0 aliphatic carbocycles. The number of hydrogen-bond acceptors (Lipinski definition) is 5. The molecule has 26 heavy (non-hydrogen) atoms. The van der Waals surface area contributed by atoms with Crippen molar-refractivity contribution in [3.63, 3.8) is 0 Å². The van der Waals surface area contributed by atoms with Crippen molar-refractivity contribution in [3.05, 3.63) is 54.0 Å². The minimum absolute atomic E-state index is 0.175. The van der Waals surface area contributed by atoms with E-state index in [9.17, 15) is 4.79 Å². The molecule has 0 unspecified atom stereocenters. The number of rotatable bonds is 9. The van der Waals surface area contributed by atoms with Crippen LogP contribution in [0.1, 0.15) is 22.3 Å². The first-order valence-electron chi connectivity index (χ1n) is 8.66. The summed E-state index contributed by atoms with van der Waals surface area (Å²) in [5.74, 6) is 0.340. The summed E-state index contributed by atoms with van der Waals surface area (Å²) in [5, 5.41) is 7.23. The van der Waals surface area contributed by atoms with Gasteiger partial charge in [0.1, 0.15) is 0 Å². The Morgan fingerprint density at radius 1 is 1.19 bits per heavy atom. The maximum Gasteiger partial charge on any atom is 0.254 e. The monoisotopic (exact) mass is 353 g/mol. The van der Waals surface area contributed by atoms with Crippen molar-refractivity contribution in [1.82, 2.24) is 20.3 Å². The van der Waals surface area contributed by atoms with Crippen molar-refractivity contribution in [2.45, 2.75) is 12.8 Å². The number of carbonyl (C=O) groups is 1. The molecule has 0 radical (unpaired) electrons. The van der Waals surface area contributed by atoms with Crippen LogP contribution in [-0.2, 0) is 11.2 Å². The highest BCUT2D eigenvalue weighted by molar-refractivity contribution is 5.93. The summed E-state index contributed by atoms with van der Waals surface area (Å²) in [6.07, 6.45) is 6.73. The van der Waals surface area contributed by atoms with Gasteiger partial charge in [-0.1, -0.05) is 18.2 Å². The average molecular weight is 353 g/mol. The SMILES string of the molecule is COCCCNC(=O)c1cnc(NCCc2c[nH]c3ccccc23)nc1. The van der Waals surface area contributed by atoms with Gasteiger partial charge in [0, 0.05) is 56.3 Å². The normalized spacial score (nSPS) is 10.8. The molecule has 0 saturated heterocycles. The van der Waals surface area contributed by atoms with Gasteiger partial charge in [-0.2, -0.15) is 0 Å². The zero-order valence-electron chi connectivity index (χ0n) is 14.8. The highest BCUT2D eigenvalue weighted by Gasteiger charge is 2.07. The number of aromatic amines is 1. The van der Waals surface area contributed by atoms with Crippen LogP contribution in [0.4, 0.5) is 5.95 Å². The highest BCUT2D eigenvalue weighted by Crippen LogP contribution is 2.17. The minimum Gasteiger partial charge on any atom is -0.385 e. The molecule has 3 rings (SSSR count). The fourth-order valence-corrected chi connectivity index (χ4v) is 2.70. The molecule has 2 heterocycles. The van der Waals surface area contributed by atoms with E-state index in [1.807, 2.05) is 18.3 Å². The second kappa shape index (κ2) is 8.96. The van der Waals surface area contributed by atoms with Crippen LogP contribution in [0.5, 0.6) is 0 Å².